The lowest BCUT2D eigenvalue weighted by Crippen LogP contribution is -2.26. The number of hydrogen-bond acceptors (Lipinski definition) is 4. The van der Waals surface area contributed by atoms with Crippen molar-refractivity contribution in [2.75, 3.05) is 0 Å². The third-order valence-electron chi connectivity index (χ3n) is 4.50. The van der Waals surface area contributed by atoms with Crippen LogP contribution >= 0.6 is 0 Å². The summed E-state index contributed by atoms with van der Waals surface area (Å²) in [6.45, 7) is 0. The number of aromatic nitrogens is 2. The van der Waals surface area contributed by atoms with E-state index in [0.717, 1.165) is 12.1 Å². The molecule has 1 heterocycles. The zero-order chi connectivity index (χ0) is 21.8. The maximum atomic E-state index is 13.6. The van der Waals surface area contributed by atoms with E-state index in [1.165, 1.54) is 24.3 Å². The van der Waals surface area contributed by atoms with Crippen molar-refractivity contribution in [2.45, 2.75) is 12.4 Å². The van der Waals surface area contributed by atoms with E-state index in [-0.39, 0.29) is 16.7 Å². The zero-order valence-electron chi connectivity index (χ0n) is 14.6. The Morgan fingerprint density at radius 3 is 1.57 bits per heavy atom. The fourth-order valence-electron chi connectivity index (χ4n) is 3.10. The lowest BCUT2D eigenvalue weighted by Gasteiger charge is -2.19. The van der Waals surface area contributed by atoms with Gasteiger partial charge in [-0.15, -0.1) is 0 Å². The Kier molecular flexibility index (Phi) is 4.26. The van der Waals surface area contributed by atoms with Crippen LogP contribution in [-0.2, 0) is 12.4 Å². The molecule has 0 saturated carbocycles. The average Bonchev–Trinajstić information content (AvgIpc) is 2.70. The second kappa shape index (κ2) is 6.48. The molecule has 0 aliphatic heterocycles. The van der Waals surface area contributed by atoms with Crippen molar-refractivity contribution in [3.63, 3.8) is 0 Å². The minimum absolute atomic E-state index is 0.0394. The van der Waals surface area contributed by atoms with Gasteiger partial charge in [0.25, 0.3) is 0 Å². The summed E-state index contributed by atoms with van der Waals surface area (Å²) in [6.07, 6.45) is -9.75. The molecule has 0 saturated heterocycles. The summed E-state index contributed by atoms with van der Waals surface area (Å²) >= 11 is 0. The SMILES string of the molecule is O=C1c2ccccc2C(=O)c2nc(C(F)(F)F)c(-c3ccc(C(F)(F)F)cc3)nc21. The largest absolute Gasteiger partial charge is 0.435 e. The maximum Gasteiger partial charge on any atom is 0.435 e. The molecule has 1 aliphatic carbocycles. The smallest absolute Gasteiger partial charge is 0.287 e. The van der Waals surface area contributed by atoms with E-state index >= 15 is 0 Å². The molecular weight excluding hydrogens is 414 g/mol. The summed E-state index contributed by atoms with van der Waals surface area (Å²) < 4.78 is 79.1. The van der Waals surface area contributed by atoms with E-state index in [1.54, 1.807) is 0 Å². The van der Waals surface area contributed by atoms with E-state index < -0.39 is 52.3 Å². The Balaban J connectivity index is 1.94. The Morgan fingerprint density at radius 1 is 0.600 bits per heavy atom. The third-order valence-corrected chi connectivity index (χ3v) is 4.50. The van der Waals surface area contributed by atoms with Gasteiger partial charge in [0.1, 0.15) is 17.1 Å². The first kappa shape index (κ1) is 19.7. The summed E-state index contributed by atoms with van der Waals surface area (Å²) in [4.78, 5) is 32.4. The molecule has 10 heteroatoms. The molecule has 152 valence electrons. The first-order valence-corrected chi connectivity index (χ1v) is 8.34. The molecule has 1 aliphatic rings. The number of hydrogen-bond donors (Lipinski definition) is 0. The van der Waals surface area contributed by atoms with Crippen LogP contribution in [0.3, 0.4) is 0 Å². The fraction of sp³-hybridized carbons (Fsp3) is 0.100. The number of carbonyl (C=O) groups is 2. The molecule has 0 unspecified atom stereocenters. The highest BCUT2D eigenvalue weighted by Crippen LogP contribution is 2.38. The van der Waals surface area contributed by atoms with E-state index in [2.05, 4.69) is 9.97 Å². The molecule has 2 aromatic carbocycles. The van der Waals surface area contributed by atoms with Gasteiger partial charge >= 0.3 is 12.4 Å². The second-order valence-corrected chi connectivity index (χ2v) is 6.39. The Bertz CT molecular complexity index is 1200. The summed E-state index contributed by atoms with van der Waals surface area (Å²) in [5.41, 5.74) is -5.27. The second-order valence-electron chi connectivity index (χ2n) is 6.39. The minimum Gasteiger partial charge on any atom is -0.287 e. The quantitative estimate of drug-likeness (QED) is 0.407. The van der Waals surface area contributed by atoms with Gasteiger partial charge in [0.05, 0.1) is 5.56 Å². The highest BCUT2D eigenvalue weighted by molar-refractivity contribution is 6.27. The summed E-state index contributed by atoms with van der Waals surface area (Å²) in [6, 6.07) is 8.34. The van der Waals surface area contributed by atoms with Gasteiger partial charge in [-0.1, -0.05) is 36.4 Å². The summed E-state index contributed by atoms with van der Waals surface area (Å²) in [7, 11) is 0. The number of fused-ring (bicyclic) bond motifs is 2. The van der Waals surface area contributed by atoms with Gasteiger partial charge in [-0.2, -0.15) is 26.3 Å². The van der Waals surface area contributed by atoms with Crippen molar-refractivity contribution in [3.8, 4) is 11.3 Å². The first-order valence-electron chi connectivity index (χ1n) is 8.34. The van der Waals surface area contributed by atoms with Crippen LogP contribution in [-0.4, -0.2) is 21.5 Å². The molecule has 0 radical (unpaired) electrons. The highest BCUT2D eigenvalue weighted by Gasteiger charge is 2.41. The molecule has 1 aromatic heterocycles. The monoisotopic (exact) mass is 422 g/mol. The summed E-state index contributed by atoms with van der Waals surface area (Å²) in [5, 5.41) is 0. The van der Waals surface area contributed by atoms with Gasteiger partial charge in [-0.05, 0) is 12.1 Å². The molecular formula is C20H8F6N2O2. The predicted octanol–water partition coefficient (Wildman–Crippen LogP) is 4.96. The summed E-state index contributed by atoms with van der Waals surface area (Å²) in [5.74, 6) is -1.69. The van der Waals surface area contributed by atoms with Crippen LogP contribution in [0.1, 0.15) is 43.4 Å². The number of nitrogens with zero attached hydrogens (tertiary/aromatic N) is 2. The third kappa shape index (κ3) is 3.14. The molecule has 0 fully saturated rings. The van der Waals surface area contributed by atoms with Crippen LogP contribution in [0.15, 0.2) is 48.5 Å². The number of rotatable bonds is 1. The topological polar surface area (TPSA) is 59.9 Å². The van der Waals surface area contributed by atoms with Crippen LogP contribution in [0.25, 0.3) is 11.3 Å². The predicted molar refractivity (Wildman–Crippen MR) is 90.8 cm³/mol. The minimum atomic E-state index is -5.07. The van der Waals surface area contributed by atoms with Crippen molar-refractivity contribution >= 4 is 11.6 Å². The van der Waals surface area contributed by atoms with Gasteiger partial charge in [-0.25, -0.2) is 9.97 Å². The normalized spacial score (nSPS) is 13.8. The molecule has 4 rings (SSSR count). The maximum absolute atomic E-state index is 13.6. The van der Waals surface area contributed by atoms with Gasteiger partial charge in [0, 0.05) is 16.7 Å². The molecule has 0 atom stereocenters. The number of carbonyl (C=O) groups excluding carboxylic acids is 2. The molecule has 3 aromatic rings. The van der Waals surface area contributed by atoms with Gasteiger partial charge in [0.2, 0.25) is 11.6 Å². The van der Waals surface area contributed by atoms with E-state index in [1.807, 2.05) is 0 Å². The molecule has 4 nitrogen and oxygen atoms in total. The van der Waals surface area contributed by atoms with E-state index in [0.29, 0.717) is 12.1 Å². The Hall–Kier alpha value is -3.56. The zero-order valence-corrected chi connectivity index (χ0v) is 14.6. The lowest BCUT2D eigenvalue weighted by atomic mass is 9.89. The standard InChI is InChI=1S/C20H8F6N2O2/c21-19(22,23)10-7-5-9(6-8-10)13-18(20(24,25)26)28-15-14(27-13)16(29)11-3-1-2-4-12(11)17(15)30/h1-8H. The Labute approximate surface area is 164 Å². The van der Waals surface area contributed by atoms with Crippen molar-refractivity contribution in [1.29, 1.82) is 0 Å². The Morgan fingerprint density at radius 2 is 1.10 bits per heavy atom. The average molecular weight is 422 g/mol. The van der Waals surface area contributed by atoms with Gasteiger partial charge in [-0.3, -0.25) is 9.59 Å². The number of benzene rings is 2. The number of alkyl halides is 6. The van der Waals surface area contributed by atoms with Crippen LogP contribution < -0.4 is 0 Å². The molecule has 0 spiro atoms. The fourth-order valence-corrected chi connectivity index (χ4v) is 3.10. The molecule has 0 N–H and O–H groups in total. The van der Waals surface area contributed by atoms with Crippen LogP contribution in [0.4, 0.5) is 26.3 Å². The van der Waals surface area contributed by atoms with E-state index in [4.69, 9.17) is 0 Å². The first-order chi connectivity index (χ1) is 14.0. The van der Waals surface area contributed by atoms with Crippen LogP contribution in [0, 0.1) is 0 Å². The number of ketones is 2. The van der Waals surface area contributed by atoms with Crippen LogP contribution in [0.2, 0.25) is 0 Å². The number of halogens is 6. The van der Waals surface area contributed by atoms with Crippen LogP contribution in [0.5, 0.6) is 0 Å². The van der Waals surface area contributed by atoms with E-state index in [9.17, 15) is 35.9 Å². The van der Waals surface area contributed by atoms with Gasteiger partial charge in [0.15, 0.2) is 5.69 Å². The van der Waals surface area contributed by atoms with Crippen molar-refractivity contribution in [2.24, 2.45) is 0 Å². The molecule has 0 amide bonds. The lowest BCUT2D eigenvalue weighted by molar-refractivity contribution is -0.141. The molecule has 0 bridgehead atoms. The van der Waals surface area contributed by atoms with Crippen molar-refractivity contribution < 1.29 is 35.9 Å². The highest BCUT2D eigenvalue weighted by atomic mass is 19.4. The van der Waals surface area contributed by atoms with Crippen molar-refractivity contribution in [1.82, 2.24) is 9.97 Å². The van der Waals surface area contributed by atoms with Crippen molar-refractivity contribution in [3.05, 3.63) is 82.3 Å². The van der Waals surface area contributed by atoms with Gasteiger partial charge < -0.3 is 0 Å². The molecule has 30 heavy (non-hydrogen) atoms.